The Hall–Kier alpha value is -1.39. The molecule has 8 nitrogen and oxygen atoms in total. The Morgan fingerprint density at radius 1 is 1.35 bits per heavy atom. The second-order valence-electron chi connectivity index (χ2n) is 5.01. The average Bonchev–Trinajstić information content (AvgIpc) is 2.73. The van der Waals surface area contributed by atoms with E-state index in [1.807, 2.05) is 0 Å². The minimum atomic E-state index is -3.89. The fraction of sp³-hybridized carbons (Fsp3) is 0.500. The molecule has 0 aromatic carbocycles. The van der Waals surface area contributed by atoms with Crippen LogP contribution in [0.4, 0.5) is 0 Å². The highest BCUT2D eigenvalue weighted by molar-refractivity contribution is 7.92. The topological polar surface area (TPSA) is 139 Å². The maximum absolute atomic E-state index is 11.8. The van der Waals surface area contributed by atoms with E-state index in [0.717, 1.165) is 18.5 Å². The quantitative estimate of drug-likeness (QED) is 0.652. The molecular formula is C10H17N3O5S2. The molecule has 0 atom stereocenters. The number of nitrogens with two attached hydrogens (primary N) is 1. The van der Waals surface area contributed by atoms with Crippen LogP contribution in [0.3, 0.4) is 0 Å². The Morgan fingerprint density at radius 2 is 1.90 bits per heavy atom. The Labute approximate surface area is 117 Å². The van der Waals surface area contributed by atoms with E-state index in [-0.39, 0.29) is 17.1 Å². The van der Waals surface area contributed by atoms with Crippen LogP contribution < -0.4 is 10.5 Å². The molecule has 0 aliphatic heterocycles. The normalized spacial score (nSPS) is 13.2. The second-order valence-corrected chi connectivity index (χ2v) is 9.22. The molecule has 1 rings (SSSR count). The van der Waals surface area contributed by atoms with Crippen LogP contribution in [0.1, 0.15) is 24.3 Å². The number of aromatic nitrogens is 1. The van der Waals surface area contributed by atoms with Gasteiger partial charge in [0.1, 0.15) is 5.69 Å². The number of sulfonamides is 1. The lowest BCUT2D eigenvalue weighted by molar-refractivity contribution is 0.0946. The number of aromatic amines is 1. The number of carbonyl (C=O) groups is 1. The van der Waals surface area contributed by atoms with Gasteiger partial charge in [0.15, 0.2) is 9.84 Å². The molecule has 1 heterocycles. The molecule has 0 unspecified atom stereocenters. The lowest BCUT2D eigenvalue weighted by Gasteiger charge is -2.22. The molecule has 0 saturated carbocycles. The third kappa shape index (κ3) is 3.81. The summed E-state index contributed by atoms with van der Waals surface area (Å²) in [6, 6.07) is 1.08. The van der Waals surface area contributed by atoms with Gasteiger partial charge in [-0.25, -0.2) is 22.0 Å². The van der Waals surface area contributed by atoms with Gasteiger partial charge >= 0.3 is 0 Å². The molecule has 0 bridgehead atoms. The number of sulfone groups is 1. The van der Waals surface area contributed by atoms with Gasteiger partial charge in [-0.3, -0.25) is 4.79 Å². The number of rotatable bonds is 5. The smallest absolute Gasteiger partial charge is 0.267 e. The minimum absolute atomic E-state index is 0.0154. The van der Waals surface area contributed by atoms with Crippen LogP contribution in [-0.4, -0.2) is 45.3 Å². The molecule has 1 amide bonds. The summed E-state index contributed by atoms with van der Waals surface area (Å²) in [4.78, 5) is 14.0. The first-order valence-corrected chi connectivity index (χ1v) is 8.97. The number of nitrogens with one attached hydrogen (secondary N) is 2. The van der Waals surface area contributed by atoms with E-state index in [1.165, 1.54) is 13.8 Å². The second kappa shape index (κ2) is 5.19. The van der Waals surface area contributed by atoms with Gasteiger partial charge in [0.05, 0.1) is 9.64 Å². The number of carbonyl (C=O) groups excluding carboxylic acids is 1. The van der Waals surface area contributed by atoms with E-state index in [2.05, 4.69) is 10.3 Å². The van der Waals surface area contributed by atoms with Crippen molar-refractivity contribution in [2.24, 2.45) is 5.14 Å². The average molecular weight is 323 g/mol. The molecule has 1 aromatic rings. The summed E-state index contributed by atoms with van der Waals surface area (Å²) < 4.78 is 44.0. The molecule has 10 heteroatoms. The van der Waals surface area contributed by atoms with Crippen LogP contribution in [0.2, 0.25) is 0 Å². The van der Waals surface area contributed by atoms with Gasteiger partial charge in [-0.2, -0.15) is 0 Å². The van der Waals surface area contributed by atoms with Crippen LogP contribution in [0, 0.1) is 0 Å². The third-order valence-electron chi connectivity index (χ3n) is 2.91. The molecule has 4 N–H and O–H groups in total. The Bertz CT molecular complexity index is 716. The maximum atomic E-state index is 11.8. The summed E-state index contributed by atoms with van der Waals surface area (Å²) in [5, 5.41) is 7.34. The molecular weight excluding hydrogens is 306 g/mol. The zero-order chi connectivity index (χ0) is 15.8. The maximum Gasteiger partial charge on any atom is 0.267 e. The summed E-state index contributed by atoms with van der Waals surface area (Å²) in [6.45, 7) is 2.86. The van der Waals surface area contributed by atoms with Gasteiger partial charge in [-0.1, -0.05) is 0 Å². The summed E-state index contributed by atoms with van der Waals surface area (Å²) in [6.07, 6.45) is 2.17. The van der Waals surface area contributed by atoms with Gasteiger partial charge in [0.2, 0.25) is 10.0 Å². The van der Waals surface area contributed by atoms with Crippen molar-refractivity contribution < 1.29 is 21.6 Å². The van der Waals surface area contributed by atoms with Gasteiger partial charge in [0.25, 0.3) is 5.91 Å². The lowest BCUT2D eigenvalue weighted by Crippen LogP contribution is -2.43. The van der Waals surface area contributed by atoms with E-state index in [0.29, 0.717) is 0 Å². The van der Waals surface area contributed by atoms with Gasteiger partial charge in [-0.15, -0.1) is 0 Å². The fourth-order valence-corrected chi connectivity index (χ4v) is 2.03. The monoisotopic (exact) mass is 323 g/mol. The van der Waals surface area contributed by atoms with Crippen LogP contribution in [0.15, 0.2) is 17.2 Å². The summed E-state index contributed by atoms with van der Waals surface area (Å²) in [5.41, 5.74) is -0.0154. The van der Waals surface area contributed by atoms with Crippen LogP contribution in [0.25, 0.3) is 0 Å². The van der Waals surface area contributed by atoms with E-state index < -0.39 is 30.5 Å². The van der Waals surface area contributed by atoms with Crippen molar-refractivity contribution in [3.63, 3.8) is 0 Å². The lowest BCUT2D eigenvalue weighted by atomic mass is 10.2. The van der Waals surface area contributed by atoms with Gasteiger partial charge in [0, 0.05) is 19.0 Å². The highest BCUT2D eigenvalue weighted by Gasteiger charge is 2.30. The number of amides is 1. The minimum Gasteiger partial charge on any atom is -0.356 e. The molecule has 0 aliphatic carbocycles. The van der Waals surface area contributed by atoms with Crippen LogP contribution >= 0.6 is 0 Å². The largest absolute Gasteiger partial charge is 0.356 e. The SMILES string of the molecule is CC(C)(CNC(=O)c1cc(S(N)(=O)=O)c[nH]1)S(C)(=O)=O. The Balaban J connectivity index is 2.82. The van der Waals surface area contributed by atoms with Crippen molar-refractivity contribution in [2.75, 3.05) is 12.8 Å². The number of H-pyrrole nitrogens is 1. The predicted octanol–water partition coefficient (Wildman–Crippen LogP) is -0.785. The van der Waals surface area contributed by atoms with Gasteiger partial charge < -0.3 is 10.3 Å². The van der Waals surface area contributed by atoms with Crippen molar-refractivity contribution in [2.45, 2.75) is 23.5 Å². The summed E-state index contributed by atoms with van der Waals surface area (Å²) in [7, 11) is -7.23. The highest BCUT2D eigenvalue weighted by atomic mass is 32.2. The van der Waals surface area contributed by atoms with Crippen molar-refractivity contribution in [3.05, 3.63) is 18.0 Å². The van der Waals surface area contributed by atoms with E-state index in [4.69, 9.17) is 5.14 Å². The zero-order valence-electron chi connectivity index (χ0n) is 11.3. The molecule has 0 fully saturated rings. The number of primary sulfonamides is 1. The fourth-order valence-electron chi connectivity index (χ4n) is 1.19. The van der Waals surface area contributed by atoms with E-state index >= 15 is 0 Å². The molecule has 20 heavy (non-hydrogen) atoms. The molecule has 114 valence electrons. The number of hydrogen-bond acceptors (Lipinski definition) is 5. The highest BCUT2D eigenvalue weighted by Crippen LogP contribution is 2.14. The Morgan fingerprint density at radius 3 is 2.30 bits per heavy atom. The van der Waals surface area contributed by atoms with Crippen molar-refractivity contribution in [1.29, 1.82) is 0 Å². The van der Waals surface area contributed by atoms with Crippen molar-refractivity contribution >= 4 is 25.8 Å². The van der Waals surface area contributed by atoms with E-state index in [9.17, 15) is 21.6 Å². The van der Waals surface area contributed by atoms with Crippen molar-refractivity contribution in [3.8, 4) is 0 Å². The summed E-state index contributed by atoms with van der Waals surface area (Å²) in [5.74, 6) is -0.614. The number of hydrogen-bond donors (Lipinski definition) is 3. The van der Waals surface area contributed by atoms with E-state index in [1.54, 1.807) is 0 Å². The molecule has 0 aliphatic rings. The first-order chi connectivity index (χ1) is 8.84. The molecule has 0 saturated heterocycles. The Kier molecular flexibility index (Phi) is 4.32. The first kappa shape index (κ1) is 16.7. The third-order valence-corrected chi connectivity index (χ3v) is 5.95. The van der Waals surface area contributed by atoms with Crippen LogP contribution in [0.5, 0.6) is 0 Å². The van der Waals surface area contributed by atoms with Gasteiger partial charge in [-0.05, 0) is 19.9 Å². The zero-order valence-corrected chi connectivity index (χ0v) is 12.9. The standard InChI is InChI=1S/C10H17N3O5S2/c1-10(2,19(3,15)16)6-13-9(14)8-4-7(5-12-8)20(11,17)18/h4-5,12H,6H2,1-3H3,(H,13,14)(H2,11,17,18). The molecule has 0 spiro atoms. The molecule has 0 radical (unpaired) electrons. The summed E-state index contributed by atoms with van der Waals surface area (Å²) >= 11 is 0. The first-order valence-electron chi connectivity index (χ1n) is 5.53. The van der Waals surface area contributed by atoms with Crippen molar-refractivity contribution in [1.82, 2.24) is 10.3 Å². The molecule has 1 aromatic heterocycles. The van der Waals surface area contributed by atoms with Crippen LogP contribution in [-0.2, 0) is 19.9 Å². The predicted molar refractivity (Wildman–Crippen MR) is 73.4 cm³/mol.